The minimum absolute atomic E-state index is 0.0202. The van der Waals surface area contributed by atoms with Gasteiger partial charge < -0.3 is 19.7 Å². The van der Waals surface area contributed by atoms with Crippen LogP contribution in [-0.4, -0.2) is 50.2 Å². The average molecular weight is 278 g/mol. The predicted octanol–water partition coefficient (Wildman–Crippen LogP) is 1.28. The number of nitrogens with one attached hydrogen (secondary N) is 1. The van der Waals surface area contributed by atoms with Crippen LogP contribution in [0.2, 0.25) is 0 Å². The van der Waals surface area contributed by atoms with E-state index in [0.717, 1.165) is 26.1 Å². The molecule has 1 aromatic carbocycles. The second-order valence-corrected chi connectivity index (χ2v) is 4.96. The zero-order valence-electron chi connectivity index (χ0n) is 12.1. The fourth-order valence-corrected chi connectivity index (χ4v) is 2.23. The number of carbonyl (C=O) groups excluding carboxylic acids is 1. The highest BCUT2D eigenvalue weighted by Crippen LogP contribution is 2.25. The van der Waals surface area contributed by atoms with Crippen LogP contribution in [0.1, 0.15) is 13.3 Å². The number of nitrogens with zero attached hydrogens (tertiary/aromatic N) is 1. The quantitative estimate of drug-likeness (QED) is 0.901. The van der Waals surface area contributed by atoms with Gasteiger partial charge >= 0.3 is 0 Å². The predicted molar refractivity (Wildman–Crippen MR) is 77.2 cm³/mol. The van der Waals surface area contributed by atoms with Crippen molar-refractivity contribution in [3.8, 4) is 11.5 Å². The molecule has 0 saturated carbocycles. The van der Waals surface area contributed by atoms with Crippen LogP contribution in [0, 0.1) is 0 Å². The lowest BCUT2D eigenvalue weighted by Gasteiger charge is -2.20. The van der Waals surface area contributed by atoms with Crippen molar-refractivity contribution >= 4 is 5.91 Å². The fourth-order valence-electron chi connectivity index (χ4n) is 2.23. The maximum atomic E-state index is 12.2. The van der Waals surface area contributed by atoms with E-state index in [9.17, 15) is 4.79 Å². The smallest absolute Gasteiger partial charge is 0.260 e. The van der Waals surface area contributed by atoms with E-state index >= 15 is 0 Å². The van der Waals surface area contributed by atoms with Crippen molar-refractivity contribution in [2.75, 3.05) is 33.4 Å². The van der Waals surface area contributed by atoms with Crippen molar-refractivity contribution in [3.05, 3.63) is 24.3 Å². The van der Waals surface area contributed by atoms with Crippen LogP contribution in [0.25, 0.3) is 0 Å². The first-order chi connectivity index (χ1) is 9.70. The Morgan fingerprint density at radius 3 is 2.85 bits per heavy atom. The van der Waals surface area contributed by atoms with Gasteiger partial charge in [-0.1, -0.05) is 12.1 Å². The Labute approximate surface area is 119 Å². The molecule has 0 spiro atoms. The normalized spacial score (nSPS) is 19.3. The Bertz CT molecular complexity index is 450. The van der Waals surface area contributed by atoms with E-state index in [1.165, 1.54) is 0 Å². The first-order valence-electron chi connectivity index (χ1n) is 6.97. The van der Waals surface area contributed by atoms with Gasteiger partial charge in [0.05, 0.1) is 7.11 Å². The van der Waals surface area contributed by atoms with E-state index in [1.807, 2.05) is 23.1 Å². The molecule has 1 aliphatic heterocycles. The van der Waals surface area contributed by atoms with Crippen molar-refractivity contribution < 1.29 is 14.3 Å². The standard InChI is InChI=1S/C15H22N2O3/c1-12-7-9-17(10-8-16-12)15(18)11-20-14-6-4-3-5-13(14)19-2/h3-6,12,16H,7-11H2,1-2H3. The number of benzene rings is 1. The zero-order valence-corrected chi connectivity index (χ0v) is 12.1. The lowest BCUT2D eigenvalue weighted by molar-refractivity contribution is -0.133. The third-order valence-electron chi connectivity index (χ3n) is 3.48. The molecule has 0 aliphatic carbocycles. The van der Waals surface area contributed by atoms with Gasteiger partial charge in [-0.2, -0.15) is 0 Å². The summed E-state index contributed by atoms with van der Waals surface area (Å²) >= 11 is 0. The molecule has 0 aromatic heterocycles. The van der Waals surface area contributed by atoms with Gasteiger partial charge in [0.2, 0.25) is 0 Å². The molecule has 1 atom stereocenters. The van der Waals surface area contributed by atoms with Crippen LogP contribution >= 0.6 is 0 Å². The van der Waals surface area contributed by atoms with E-state index in [0.29, 0.717) is 17.5 Å². The van der Waals surface area contributed by atoms with Crippen molar-refractivity contribution in [1.82, 2.24) is 10.2 Å². The van der Waals surface area contributed by atoms with Crippen molar-refractivity contribution in [1.29, 1.82) is 0 Å². The molecule has 5 heteroatoms. The van der Waals surface area contributed by atoms with Crippen LogP contribution < -0.4 is 14.8 Å². The molecular formula is C15H22N2O3. The van der Waals surface area contributed by atoms with Crippen molar-refractivity contribution in [2.24, 2.45) is 0 Å². The molecule has 1 heterocycles. The average Bonchev–Trinajstić information content (AvgIpc) is 2.70. The van der Waals surface area contributed by atoms with E-state index in [-0.39, 0.29) is 12.5 Å². The highest BCUT2D eigenvalue weighted by molar-refractivity contribution is 5.77. The Morgan fingerprint density at radius 1 is 1.35 bits per heavy atom. The summed E-state index contributed by atoms with van der Waals surface area (Å²) < 4.78 is 10.8. The minimum atomic E-state index is 0.0202. The maximum Gasteiger partial charge on any atom is 0.260 e. The van der Waals surface area contributed by atoms with E-state index in [2.05, 4.69) is 12.2 Å². The van der Waals surface area contributed by atoms with Gasteiger partial charge in [-0.05, 0) is 25.5 Å². The summed E-state index contributed by atoms with van der Waals surface area (Å²) in [6.45, 7) is 4.54. The number of methoxy groups -OCH3 is 1. The van der Waals surface area contributed by atoms with Gasteiger partial charge in [0.15, 0.2) is 18.1 Å². The number of carbonyl (C=O) groups is 1. The SMILES string of the molecule is COc1ccccc1OCC(=O)N1CCNC(C)CC1. The Balaban J connectivity index is 1.88. The largest absolute Gasteiger partial charge is 0.493 e. The maximum absolute atomic E-state index is 12.2. The molecule has 2 rings (SSSR count). The second kappa shape index (κ2) is 7.14. The summed E-state index contributed by atoms with van der Waals surface area (Å²) in [6, 6.07) is 7.81. The number of rotatable bonds is 4. The molecule has 1 unspecified atom stereocenters. The number of amides is 1. The molecule has 1 aromatic rings. The molecule has 1 N–H and O–H groups in total. The summed E-state index contributed by atoms with van der Waals surface area (Å²) in [4.78, 5) is 14.0. The van der Waals surface area contributed by atoms with Gasteiger partial charge in [0.25, 0.3) is 5.91 Å². The number of para-hydroxylation sites is 2. The second-order valence-electron chi connectivity index (χ2n) is 4.96. The van der Waals surface area contributed by atoms with E-state index in [1.54, 1.807) is 13.2 Å². The van der Waals surface area contributed by atoms with Crippen LogP contribution in [-0.2, 0) is 4.79 Å². The highest BCUT2D eigenvalue weighted by Gasteiger charge is 2.18. The molecule has 1 aliphatic rings. The Morgan fingerprint density at radius 2 is 2.10 bits per heavy atom. The summed E-state index contributed by atoms with van der Waals surface area (Å²) in [7, 11) is 1.59. The number of hydrogen-bond donors (Lipinski definition) is 1. The molecule has 5 nitrogen and oxygen atoms in total. The molecule has 1 amide bonds. The van der Waals surface area contributed by atoms with Gasteiger partial charge in [0.1, 0.15) is 0 Å². The van der Waals surface area contributed by atoms with Crippen LogP contribution in [0.4, 0.5) is 0 Å². The zero-order chi connectivity index (χ0) is 14.4. The number of ether oxygens (including phenoxy) is 2. The van der Waals surface area contributed by atoms with Crippen molar-refractivity contribution in [3.63, 3.8) is 0 Å². The van der Waals surface area contributed by atoms with Gasteiger partial charge in [-0.25, -0.2) is 0 Å². The lowest BCUT2D eigenvalue weighted by atomic mass is 10.2. The monoisotopic (exact) mass is 278 g/mol. The molecule has 0 radical (unpaired) electrons. The third kappa shape index (κ3) is 3.87. The third-order valence-corrected chi connectivity index (χ3v) is 3.48. The Kier molecular flexibility index (Phi) is 5.24. The number of hydrogen-bond acceptors (Lipinski definition) is 4. The highest BCUT2D eigenvalue weighted by atomic mass is 16.5. The molecule has 0 bridgehead atoms. The lowest BCUT2D eigenvalue weighted by Crippen LogP contribution is -2.37. The molecular weight excluding hydrogens is 256 g/mol. The minimum Gasteiger partial charge on any atom is -0.493 e. The van der Waals surface area contributed by atoms with Crippen LogP contribution in [0.3, 0.4) is 0 Å². The molecule has 20 heavy (non-hydrogen) atoms. The summed E-state index contributed by atoms with van der Waals surface area (Å²) in [5.41, 5.74) is 0. The van der Waals surface area contributed by atoms with Gasteiger partial charge in [0, 0.05) is 25.7 Å². The van der Waals surface area contributed by atoms with Crippen LogP contribution in [0.5, 0.6) is 11.5 Å². The fraction of sp³-hybridized carbons (Fsp3) is 0.533. The topological polar surface area (TPSA) is 50.8 Å². The van der Waals surface area contributed by atoms with Gasteiger partial charge in [-0.3, -0.25) is 4.79 Å². The molecule has 1 fully saturated rings. The van der Waals surface area contributed by atoms with E-state index < -0.39 is 0 Å². The summed E-state index contributed by atoms with van der Waals surface area (Å²) in [5.74, 6) is 1.27. The van der Waals surface area contributed by atoms with E-state index in [4.69, 9.17) is 9.47 Å². The summed E-state index contributed by atoms with van der Waals surface area (Å²) in [5, 5.41) is 3.37. The molecule has 1 saturated heterocycles. The summed E-state index contributed by atoms with van der Waals surface area (Å²) in [6.07, 6.45) is 0.973. The van der Waals surface area contributed by atoms with Crippen LogP contribution in [0.15, 0.2) is 24.3 Å². The first-order valence-corrected chi connectivity index (χ1v) is 6.97. The Hall–Kier alpha value is -1.75. The first kappa shape index (κ1) is 14.7. The molecule has 110 valence electrons. The van der Waals surface area contributed by atoms with Crippen molar-refractivity contribution in [2.45, 2.75) is 19.4 Å². The van der Waals surface area contributed by atoms with Gasteiger partial charge in [-0.15, -0.1) is 0 Å².